The van der Waals surface area contributed by atoms with Crippen LogP contribution in [0.2, 0.25) is 0 Å². The van der Waals surface area contributed by atoms with Gasteiger partial charge in [-0.1, -0.05) is 6.92 Å². The molecule has 1 unspecified atom stereocenters. The third-order valence-corrected chi connectivity index (χ3v) is 4.23. The summed E-state index contributed by atoms with van der Waals surface area (Å²) < 4.78 is 42.3. The van der Waals surface area contributed by atoms with Crippen LogP contribution in [0.4, 0.5) is 13.2 Å². The number of amidine groups is 1. The number of benzene rings is 1. The zero-order valence-corrected chi connectivity index (χ0v) is 18.5. The third kappa shape index (κ3) is 9.46. The lowest BCUT2D eigenvalue weighted by Gasteiger charge is -2.15. The summed E-state index contributed by atoms with van der Waals surface area (Å²) in [7, 11) is 0. The Hall–Kier alpha value is -4.40. The van der Waals surface area contributed by atoms with Crippen molar-refractivity contribution in [1.29, 1.82) is 5.41 Å². The van der Waals surface area contributed by atoms with Crippen LogP contribution < -0.4 is 15.8 Å². The molecule has 1 aromatic carbocycles. The second kappa shape index (κ2) is 12.9. The van der Waals surface area contributed by atoms with E-state index in [1.54, 1.807) is 6.92 Å². The molecule has 0 fully saturated rings. The molecule has 0 radical (unpaired) electrons. The lowest BCUT2D eigenvalue weighted by molar-refractivity contribution is -0.192. The smallest absolute Gasteiger partial charge is 0.480 e. The third-order valence-electron chi connectivity index (χ3n) is 4.23. The number of nitrogen functional groups attached to an aromatic ring is 1. The maximum atomic E-state index is 12.2. The summed E-state index contributed by atoms with van der Waals surface area (Å²) in [6, 6.07) is 7.59. The van der Waals surface area contributed by atoms with Crippen molar-refractivity contribution in [2.45, 2.75) is 25.6 Å². The van der Waals surface area contributed by atoms with Crippen LogP contribution in [0.15, 0.2) is 40.8 Å². The molecule has 7 N–H and O–H groups in total. The van der Waals surface area contributed by atoms with Crippen LogP contribution in [0.25, 0.3) is 0 Å². The summed E-state index contributed by atoms with van der Waals surface area (Å²) in [6.07, 6.45) is -4.97. The van der Waals surface area contributed by atoms with Gasteiger partial charge in [0.25, 0.3) is 0 Å². The molecule has 15 heteroatoms. The van der Waals surface area contributed by atoms with Gasteiger partial charge in [0, 0.05) is 17.9 Å². The largest absolute Gasteiger partial charge is 0.490 e. The summed E-state index contributed by atoms with van der Waals surface area (Å²) in [5.41, 5.74) is 5.85. The van der Waals surface area contributed by atoms with Gasteiger partial charge in [-0.05, 0) is 36.4 Å². The van der Waals surface area contributed by atoms with Gasteiger partial charge in [0.15, 0.2) is 0 Å². The maximum absolute atomic E-state index is 12.2. The Morgan fingerprint density at radius 2 is 1.67 bits per heavy atom. The minimum atomic E-state index is -5.08. The number of amides is 1. The summed E-state index contributed by atoms with van der Waals surface area (Å²) in [4.78, 5) is 44.0. The number of rotatable bonds is 9. The fourth-order valence-corrected chi connectivity index (χ4v) is 2.35. The number of esters is 1. The van der Waals surface area contributed by atoms with E-state index < -0.39 is 48.6 Å². The zero-order chi connectivity index (χ0) is 27.6. The summed E-state index contributed by atoms with van der Waals surface area (Å²) in [6.45, 7) is 0.834. The standard InChI is InChI=1S/C19H21N3O7.C2HF3O2/c1-10(17(24)22-14(9-23)18(25)26)8-13-6-7-15(28-13)19(27)29-12-4-2-11(3-5-12)16(20)21;3-2(4,5)1(6)7/h2-7,10,14,23H,8-9H2,1H3,(H3,20,21)(H,22,24)(H,25,26);(H,6,7)/t10?,14-;/m0./s1. The van der Waals surface area contributed by atoms with Gasteiger partial charge < -0.3 is 35.5 Å². The highest BCUT2D eigenvalue weighted by Gasteiger charge is 2.38. The number of carboxylic acid groups (broad SMARTS) is 2. The van der Waals surface area contributed by atoms with Crippen molar-refractivity contribution < 1.29 is 56.8 Å². The van der Waals surface area contributed by atoms with E-state index in [9.17, 15) is 27.6 Å². The summed E-state index contributed by atoms with van der Waals surface area (Å²) in [5, 5.41) is 34.5. The number of carbonyl (C=O) groups excluding carboxylic acids is 2. The van der Waals surface area contributed by atoms with Gasteiger partial charge >= 0.3 is 24.1 Å². The normalized spacial score (nSPS) is 12.4. The molecule has 0 aliphatic carbocycles. The van der Waals surface area contributed by atoms with Crippen LogP contribution in [0, 0.1) is 11.3 Å². The molecule has 1 amide bonds. The highest BCUT2D eigenvalue weighted by Crippen LogP contribution is 2.18. The first-order chi connectivity index (χ1) is 16.6. The van der Waals surface area contributed by atoms with Crippen LogP contribution in [0.5, 0.6) is 5.75 Å². The molecule has 0 aliphatic rings. The van der Waals surface area contributed by atoms with Gasteiger partial charge in [0.2, 0.25) is 11.7 Å². The Kier molecular flexibility index (Phi) is 10.6. The van der Waals surface area contributed by atoms with E-state index in [0.29, 0.717) is 11.3 Å². The average Bonchev–Trinajstić information content (AvgIpc) is 3.25. The van der Waals surface area contributed by atoms with Crippen molar-refractivity contribution in [1.82, 2.24) is 5.32 Å². The Morgan fingerprint density at radius 3 is 2.11 bits per heavy atom. The van der Waals surface area contributed by atoms with Crippen molar-refractivity contribution in [3.8, 4) is 5.75 Å². The minimum absolute atomic E-state index is 0.0676. The maximum Gasteiger partial charge on any atom is 0.490 e. The number of halogens is 3. The Balaban J connectivity index is 0.000000809. The average molecular weight is 517 g/mol. The van der Waals surface area contributed by atoms with Crippen molar-refractivity contribution in [3.05, 3.63) is 53.5 Å². The van der Waals surface area contributed by atoms with Crippen LogP contribution in [-0.2, 0) is 20.8 Å². The molecule has 196 valence electrons. The molecule has 12 nitrogen and oxygen atoms in total. The predicted molar refractivity (Wildman–Crippen MR) is 114 cm³/mol. The Labute approximate surface area is 201 Å². The number of hydrogen-bond donors (Lipinski definition) is 6. The number of carbonyl (C=O) groups is 4. The number of aliphatic hydroxyl groups excluding tert-OH is 1. The monoisotopic (exact) mass is 517 g/mol. The molecule has 0 spiro atoms. The van der Waals surface area contributed by atoms with E-state index in [-0.39, 0.29) is 23.8 Å². The number of nitrogens with two attached hydrogens (primary N) is 1. The molecule has 1 aromatic heterocycles. The molecule has 0 bridgehead atoms. The lowest BCUT2D eigenvalue weighted by atomic mass is 10.1. The second-order valence-corrected chi connectivity index (χ2v) is 7.08. The summed E-state index contributed by atoms with van der Waals surface area (Å²) in [5.74, 6) is -5.66. The Morgan fingerprint density at radius 1 is 1.11 bits per heavy atom. The quantitative estimate of drug-likeness (QED) is 0.121. The number of alkyl halides is 3. The van der Waals surface area contributed by atoms with E-state index >= 15 is 0 Å². The van der Waals surface area contributed by atoms with E-state index in [2.05, 4.69) is 5.32 Å². The first kappa shape index (κ1) is 29.6. The second-order valence-electron chi connectivity index (χ2n) is 7.08. The van der Waals surface area contributed by atoms with E-state index in [4.69, 9.17) is 40.4 Å². The molecular weight excluding hydrogens is 495 g/mol. The van der Waals surface area contributed by atoms with Crippen molar-refractivity contribution >= 4 is 29.7 Å². The number of aliphatic hydroxyl groups is 1. The summed E-state index contributed by atoms with van der Waals surface area (Å²) >= 11 is 0. The lowest BCUT2D eigenvalue weighted by Crippen LogP contribution is -2.45. The molecule has 0 saturated heterocycles. The molecule has 0 aliphatic heterocycles. The number of hydrogen-bond acceptors (Lipinski definition) is 8. The first-order valence-corrected chi connectivity index (χ1v) is 9.85. The van der Waals surface area contributed by atoms with Gasteiger partial charge in [0.1, 0.15) is 23.4 Å². The predicted octanol–water partition coefficient (Wildman–Crippen LogP) is 1.16. The SMILES string of the molecule is CC(Cc1ccc(C(=O)Oc2ccc(C(=N)N)cc2)o1)C(=O)N[C@@H](CO)C(=O)O.O=C(O)C(F)(F)F. The molecule has 2 rings (SSSR count). The van der Waals surface area contributed by atoms with Gasteiger partial charge in [0.05, 0.1) is 6.61 Å². The van der Waals surface area contributed by atoms with Crippen molar-refractivity contribution in [3.63, 3.8) is 0 Å². The van der Waals surface area contributed by atoms with Crippen LogP contribution in [-0.4, -0.2) is 63.8 Å². The van der Waals surface area contributed by atoms with Crippen LogP contribution in [0.3, 0.4) is 0 Å². The zero-order valence-electron chi connectivity index (χ0n) is 18.5. The molecule has 1 heterocycles. The number of carboxylic acids is 2. The highest BCUT2D eigenvalue weighted by atomic mass is 19.4. The van der Waals surface area contributed by atoms with Crippen LogP contribution in [0.1, 0.15) is 28.8 Å². The van der Waals surface area contributed by atoms with Gasteiger partial charge in [-0.3, -0.25) is 10.2 Å². The number of ether oxygens (including phenoxy) is 1. The van der Waals surface area contributed by atoms with Crippen LogP contribution >= 0.6 is 0 Å². The first-order valence-electron chi connectivity index (χ1n) is 9.85. The molecule has 2 aromatic rings. The topological polar surface area (TPSA) is 213 Å². The van der Waals surface area contributed by atoms with E-state index in [1.165, 1.54) is 36.4 Å². The van der Waals surface area contributed by atoms with Crippen molar-refractivity contribution in [2.24, 2.45) is 11.7 Å². The van der Waals surface area contributed by atoms with Gasteiger partial charge in [-0.15, -0.1) is 0 Å². The highest BCUT2D eigenvalue weighted by molar-refractivity contribution is 5.95. The number of nitrogens with one attached hydrogen (secondary N) is 2. The molecule has 36 heavy (non-hydrogen) atoms. The van der Waals surface area contributed by atoms with E-state index in [1.807, 2.05) is 0 Å². The minimum Gasteiger partial charge on any atom is -0.480 e. The molecular formula is C21H22F3N3O9. The van der Waals surface area contributed by atoms with Gasteiger partial charge in [-0.25, -0.2) is 14.4 Å². The fraction of sp³-hybridized carbons (Fsp3) is 0.286. The number of furan rings is 1. The fourth-order valence-electron chi connectivity index (χ4n) is 2.35. The van der Waals surface area contributed by atoms with Gasteiger partial charge in [-0.2, -0.15) is 13.2 Å². The van der Waals surface area contributed by atoms with E-state index in [0.717, 1.165) is 0 Å². The molecule has 0 saturated carbocycles. The number of aliphatic carboxylic acids is 2. The Bertz CT molecular complexity index is 1100. The van der Waals surface area contributed by atoms with Crippen molar-refractivity contribution in [2.75, 3.05) is 6.61 Å². The molecule has 2 atom stereocenters.